The first-order valence-corrected chi connectivity index (χ1v) is 8.32. The number of rotatable bonds is 5. The summed E-state index contributed by atoms with van der Waals surface area (Å²) >= 11 is 0. The van der Waals surface area contributed by atoms with Gasteiger partial charge in [-0.25, -0.2) is 9.67 Å². The summed E-state index contributed by atoms with van der Waals surface area (Å²) in [5.74, 6) is 3.07. The van der Waals surface area contributed by atoms with Crippen LogP contribution in [0.5, 0.6) is 0 Å². The zero-order valence-corrected chi connectivity index (χ0v) is 14.1. The molecule has 2 atom stereocenters. The van der Waals surface area contributed by atoms with Crippen LogP contribution in [0, 0.1) is 6.92 Å². The molecule has 3 N–H and O–H groups in total. The lowest BCUT2D eigenvalue weighted by Crippen LogP contribution is -2.47. The van der Waals surface area contributed by atoms with Crippen molar-refractivity contribution in [2.45, 2.75) is 45.4 Å². The molecule has 0 saturated heterocycles. The van der Waals surface area contributed by atoms with Crippen molar-refractivity contribution in [3.05, 3.63) is 35.8 Å². The topological polar surface area (TPSA) is 100 Å². The van der Waals surface area contributed by atoms with Gasteiger partial charge in [-0.05, 0) is 32.4 Å². The molecule has 1 aliphatic heterocycles. The van der Waals surface area contributed by atoms with Crippen molar-refractivity contribution in [2.24, 2.45) is 4.99 Å². The third-order valence-corrected chi connectivity index (χ3v) is 3.94. The second-order valence-corrected chi connectivity index (χ2v) is 5.89. The van der Waals surface area contributed by atoms with Gasteiger partial charge in [-0.15, -0.1) is 0 Å². The van der Waals surface area contributed by atoms with Crippen LogP contribution in [0.2, 0.25) is 0 Å². The van der Waals surface area contributed by atoms with Gasteiger partial charge in [-0.2, -0.15) is 5.10 Å². The number of nitrogens with one attached hydrogen (secondary N) is 2. The van der Waals surface area contributed by atoms with Crippen LogP contribution < -0.4 is 10.6 Å². The molecule has 1 aliphatic rings. The molecule has 0 aliphatic carbocycles. The van der Waals surface area contributed by atoms with E-state index in [1.165, 1.54) is 0 Å². The Kier molecular flexibility index (Phi) is 5.14. The first-order chi connectivity index (χ1) is 11.7. The van der Waals surface area contributed by atoms with Crippen LogP contribution in [0.15, 0.2) is 27.8 Å². The van der Waals surface area contributed by atoms with E-state index in [1.807, 2.05) is 18.5 Å². The summed E-state index contributed by atoms with van der Waals surface area (Å²) in [6, 6.07) is 3.74. The van der Waals surface area contributed by atoms with Crippen LogP contribution in [0.3, 0.4) is 0 Å². The molecular formula is C16H24N6O2. The van der Waals surface area contributed by atoms with Crippen LogP contribution in [0.25, 0.3) is 0 Å². The highest BCUT2D eigenvalue weighted by Crippen LogP contribution is 2.14. The van der Waals surface area contributed by atoms with E-state index in [4.69, 9.17) is 4.42 Å². The van der Waals surface area contributed by atoms with Crippen LogP contribution in [-0.4, -0.2) is 45.0 Å². The molecule has 2 unspecified atom stereocenters. The number of guanidine groups is 1. The maximum Gasteiger partial charge on any atom is 0.191 e. The quantitative estimate of drug-likeness (QED) is 0.553. The number of hydrogen-bond donors (Lipinski definition) is 3. The molecule has 2 aromatic heterocycles. The standard InChI is InChI=1S/C16H24N6O2/c1-3-17-16(18-9-13(23)14-5-4-8-24-14)20-12-6-7-15-19-11(2)21-22(15)10-12/h4-5,8,12-13,23H,3,6-7,9-10H2,1-2H3,(H2,17,18,20). The van der Waals surface area contributed by atoms with Crippen LogP contribution in [0.1, 0.15) is 36.9 Å². The Bertz CT molecular complexity index is 679. The first kappa shape index (κ1) is 16.5. The molecule has 8 nitrogen and oxygen atoms in total. The smallest absolute Gasteiger partial charge is 0.191 e. The zero-order chi connectivity index (χ0) is 16.9. The SMILES string of the molecule is CCNC(=NCC(O)c1ccco1)NC1CCc2nc(C)nn2C1. The molecule has 0 spiro atoms. The number of aliphatic hydroxyl groups is 1. The fourth-order valence-electron chi connectivity index (χ4n) is 2.81. The first-order valence-electron chi connectivity index (χ1n) is 8.32. The summed E-state index contributed by atoms with van der Waals surface area (Å²) in [6.07, 6.45) is 2.67. The monoisotopic (exact) mass is 332 g/mol. The molecule has 0 amide bonds. The molecule has 0 fully saturated rings. The molecule has 3 rings (SSSR count). The van der Waals surface area contributed by atoms with Gasteiger partial charge >= 0.3 is 0 Å². The highest BCUT2D eigenvalue weighted by atomic mass is 16.4. The summed E-state index contributed by atoms with van der Waals surface area (Å²) in [7, 11) is 0. The van der Waals surface area contributed by atoms with Gasteiger partial charge < -0.3 is 20.2 Å². The van der Waals surface area contributed by atoms with Gasteiger partial charge in [-0.3, -0.25) is 4.99 Å². The van der Waals surface area contributed by atoms with Gasteiger partial charge in [0.15, 0.2) is 5.96 Å². The molecule has 24 heavy (non-hydrogen) atoms. The van der Waals surface area contributed by atoms with Crippen molar-refractivity contribution < 1.29 is 9.52 Å². The lowest BCUT2D eigenvalue weighted by Gasteiger charge is -2.25. The normalized spacial score (nSPS) is 19.0. The number of aliphatic hydroxyl groups excluding tert-OH is 1. The molecule has 130 valence electrons. The Morgan fingerprint density at radius 2 is 2.46 bits per heavy atom. The van der Waals surface area contributed by atoms with E-state index in [9.17, 15) is 5.11 Å². The predicted molar refractivity (Wildman–Crippen MR) is 89.7 cm³/mol. The number of nitrogens with zero attached hydrogens (tertiary/aromatic N) is 4. The largest absolute Gasteiger partial charge is 0.467 e. The van der Waals surface area contributed by atoms with Gasteiger partial charge in [0, 0.05) is 19.0 Å². The Hall–Kier alpha value is -2.35. The Labute approximate surface area is 141 Å². The fourth-order valence-corrected chi connectivity index (χ4v) is 2.81. The molecule has 8 heteroatoms. The van der Waals surface area contributed by atoms with Crippen molar-refractivity contribution in [2.75, 3.05) is 13.1 Å². The van der Waals surface area contributed by atoms with Gasteiger partial charge in [0.25, 0.3) is 0 Å². The van der Waals surface area contributed by atoms with E-state index in [1.54, 1.807) is 18.4 Å². The third kappa shape index (κ3) is 3.94. The molecule has 3 heterocycles. The van der Waals surface area contributed by atoms with Gasteiger partial charge in [0.05, 0.1) is 19.4 Å². The molecule has 0 saturated carbocycles. The van der Waals surface area contributed by atoms with E-state index in [2.05, 4.69) is 25.7 Å². The van der Waals surface area contributed by atoms with E-state index in [0.717, 1.165) is 37.6 Å². The minimum absolute atomic E-state index is 0.233. The number of fused-ring (bicyclic) bond motifs is 1. The Morgan fingerprint density at radius 3 is 3.21 bits per heavy atom. The zero-order valence-electron chi connectivity index (χ0n) is 14.1. The molecule has 0 aromatic carbocycles. The average Bonchev–Trinajstić information content (AvgIpc) is 3.20. The molecule has 0 radical (unpaired) electrons. The second-order valence-electron chi connectivity index (χ2n) is 5.89. The molecule has 2 aromatic rings. The Balaban J connectivity index is 1.60. The second kappa shape index (κ2) is 7.48. The maximum atomic E-state index is 10.1. The summed E-state index contributed by atoms with van der Waals surface area (Å²) < 4.78 is 7.16. The Morgan fingerprint density at radius 1 is 1.58 bits per heavy atom. The van der Waals surface area contributed by atoms with Crippen molar-refractivity contribution in [3.63, 3.8) is 0 Å². The third-order valence-electron chi connectivity index (χ3n) is 3.94. The molecule has 0 bridgehead atoms. The van der Waals surface area contributed by atoms with Crippen LogP contribution in [0.4, 0.5) is 0 Å². The molecular weight excluding hydrogens is 308 g/mol. The lowest BCUT2D eigenvalue weighted by atomic mass is 10.1. The van der Waals surface area contributed by atoms with Gasteiger partial charge in [0.1, 0.15) is 23.5 Å². The van der Waals surface area contributed by atoms with E-state index >= 15 is 0 Å². The average molecular weight is 332 g/mol. The van der Waals surface area contributed by atoms with Crippen LogP contribution in [-0.2, 0) is 13.0 Å². The summed E-state index contributed by atoms with van der Waals surface area (Å²) in [6.45, 7) is 5.68. The lowest BCUT2D eigenvalue weighted by molar-refractivity contribution is 0.158. The van der Waals surface area contributed by atoms with Crippen molar-refractivity contribution in [1.29, 1.82) is 0 Å². The van der Waals surface area contributed by atoms with Gasteiger partial charge in [0.2, 0.25) is 0 Å². The highest BCUT2D eigenvalue weighted by molar-refractivity contribution is 5.80. The number of aromatic nitrogens is 3. The van der Waals surface area contributed by atoms with Crippen LogP contribution >= 0.6 is 0 Å². The number of aryl methyl sites for hydroxylation is 2. The minimum Gasteiger partial charge on any atom is -0.467 e. The minimum atomic E-state index is -0.744. The fraction of sp³-hybridized carbons (Fsp3) is 0.562. The number of hydrogen-bond acceptors (Lipinski definition) is 5. The van der Waals surface area contributed by atoms with Gasteiger partial charge in [-0.1, -0.05) is 0 Å². The maximum absolute atomic E-state index is 10.1. The summed E-state index contributed by atoms with van der Waals surface area (Å²) in [5, 5.41) is 21.1. The van der Waals surface area contributed by atoms with E-state index in [0.29, 0.717) is 11.7 Å². The van der Waals surface area contributed by atoms with E-state index < -0.39 is 6.10 Å². The van der Waals surface area contributed by atoms with Crippen molar-refractivity contribution in [1.82, 2.24) is 25.4 Å². The van der Waals surface area contributed by atoms with Crippen molar-refractivity contribution in [3.8, 4) is 0 Å². The number of furan rings is 1. The summed E-state index contributed by atoms with van der Waals surface area (Å²) in [4.78, 5) is 8.89. The van der Waals surface area contributed by atoms with Crippen molar-refractivity contribution >= 4 is 5.96 Å². The van der Waals surface area contributed by atoms with E-state index in [-0.39, 0.29) is 12.6 Å². The highest BCUT2D eigenvalue weighted by Gasteiger charge is 2.21. The predicted octanol–water partition coefficient (Wildman–Crippen LogP) is 0.783. The number of aliphatic imine (C=N–C) groups is 1. The summed E-state index contributed by atoms with van der Waals surface area (Å²) in [5.41, 5.74) is 0.